The highest BCUT2D eigenvalue weighted by Gasteiger charge is 2.23. The minimum absolute atomic E-state index is 0.0200. The van der Waals surface area contributed by atoms with Gasteiger partial charge in [0.2, 0.25) is 0 Å². The molecule has 8 nitrogen and oxygen atoms in total. The summed E-state index contributed by atoms with van der Waals surface area (Å²) in [6.07, 6.45) is -1.00. The Morgan fingerprint density at radius 1 is 1.25 bits per heavy atom. The monoisotopic (exact) mass is 405 g/mol. The van der Waals surface area contributed by atoms with Gasteiger partial charge in [0.25, 0.3) is 11.6 Å². The standard InChI is InChI=1S/C19H20ClN3O5/c1-12(18(24)22(2)3)28-19(25)13-8-9-16(17(10-13)23(26)27)21-11-14-6-4-5-7-15(14)20/h4-10,12,21H,11H2,1-3H3/t12-/m0/s1. The average Bonchev–Trinajstić information content (AvgIpc) is 2.66. The van der Waals surface area contributed by atoms with Crippen LogP contribution >= 0.6 is 11.6 Å². The second-order valence-corrected chi connectivity index (χ2v) is 6.62. The first-order chi connectivity index (χ1) is 13.2. The van der Waals surface area contributed by atoms with E-state index in [1.54, 1.807) is 18.2 Å². The number of benzene rings is 2. The molecule has 0 saturated carbocycles. The molecule has 1 amide bonds. The van der Waals surface area contributed by atoms with E-state index < -0.39 is 17.0 Å². The number of nitro benzene ring substituents is 1. The lowest BCUT2D eigenvalue weighted by atomic mass is 10.1. The van der Waals surface area contributed by atoms with Crippen molar-refractivity contribution in [3.8, 4) is 0 Å². The molecule has 0 spiro atoms. The first-order valence-electron chi connectivity index (χ1n) is 8.38. The Bertz CT molecular complexity index is 901. The maximum atomic E-state index is 12.2. The summed E-state index contributed by atoms with van der Waals surface area (Å²) in [7, 11) is 3.08. The van der Waals surface area contributed by atoms with Crippen LogP contribution in [-0.2, 0) is 16.1 Å². The van der Waals surface area contributed by atoms with E-state index in [0.717, 1.165) is 11.6 Å². The van der Waals surface area contributed by atoms with Crippen LogP contribution in [0.3, 0.4) is 0 Å². The summed E-state index contributed by atoms with van der Waals surface area (Å²) >= 11 is 6.09. The quantitative estimate of drug-likeness (QED) is 0.429. The number of esters is 1. The van der Waals surface area contributed by atoms with Crippen molar-refractivity contribution in [2.45, 2.75) is 19.6 Å². The summed E-state index contributed by atoms with van der Waals surface area (Å²) in [6.45, 7) is 1.72. The second kappa shape index (κ2) is 9.18. The van der Waals surface area contributed by atoms with Crippen LogP contribution in [0, 0.1) is 10.1 Å². The lowest BCUT2D eigenvalue weighted by molar-refractivity contribution is -0.384. The molecule has 0 aliphatic carbocycles. The highest BCUT2D eigenvalue weighted by molar-refractivity contribution is 6.31. The number of nitrogens with zero attached hydrogens (tertiary/aromatic N) is 2. The molecular formula is C19H20ClN3O5. The van der Waals surface area contributed by atoms with Crippen molar-refractivity contribution < 1.29 is 19.2 Å². The number of hydrogen-bond acceptors (Lipinski definition) is 6. The molecule has 9 heteroatoms. The molecule has 0 fully saturated rings. The molecule has 0 bridgehead atoms. The number of hydrogen-bond donors (Lipinski definition) is 1. The van der Waals surface area contributed by atoms with Crippen molar-refractivity contribution in [2.24, 2.45) is 0 Å². The van der Waals surface area contributed by atoms with E-state index >= 15 is 0 Å². The molecule has 0 aliphatic heterocycles. The molecule has 0 aromatic heterocycles. The van der Waals surface area contributed by atoms with Crippen molar-refractivity contribution >= 4 is 34.9 Å². The Labute approximate surface area is 167 Å². The van der Waals surface area contributed by atoms with E-state index in [9.17, 15) is 19.7 Å². The predicted octanol–water partition coefficient (Wildman–Crippen LogP) is 3.49. The fourth-order valence-corrected chi connectivity index (χ4v) is 2.64. The first-order valence-corrected chi connectivity index (χ1v) is 8.76. The van der Waals surface area contributed by atoms with Gasteiger partial charge in [0.05, 0.1) is 10.5 Å². The summed E-state index contributed by atoms with van der Waals surface area (Å²) in [4.78, 5) is 36.2. The van der Waals surface area contributed by atoms with Crippen LogP contribution in [0.25, 0.3) is 0 Å². The van der Waals surface area contributed by atoms with E-state index in [-0.39, 0.29) is 29.4 Å². The summed E-state index contributed by atoms with van der Waals surface area (Å²) in [6, 6.07) is 11.1. The van der Waals surface area contributed by atoms with Crippen LogP contribution in [0.15, 0.2) is 42.5 Å². The molecule has 0 heterocycles. The maximum absolute atomic E-state index is 12.2. The largest absolute Gasteiger partial charge is 0.449 e. The Morgan fingerprint density at radius 2 is 1.93 bits per heavy atom. The smallest absolute Gasteiger partial charge is 0.339 e. The minimum atomic E-state index is -1.00. The zero-order valence-corrected chi connectivity index (χ0v) is 16.4. The summed E-state index contributed by atoms with van der Waals surface area (Å²) in [5.41, 5.74) is 0.707. The Morgan fingerprint density at radius 3 is 2.54 bits per heavy atom. The van der Waals surface area contributed by atoms with Gasteiger partial charge in [0.15, 0.2) is 6.10 Å². The third-order valence-electron chi connectivity index (χ3n) is 3.93. The van der Waals surface area contributed by atoms with Crippen molar-refractivity contribution in [3.63, 3.8) is 0 Å². The predicted molar refractivity (Wildman–Crippen MR) is 105 cm³/mol. The number of amides is 1. The van der Waals surface area contributed by atoms with Gasteiger partial charge in [-0.1, -0.05) is 29.8 Å². The molecule has 2 rings (SSSR count). The number of halogens is 1. The third kappa shape index (κ3) is 5.20. The highest BCUT2D eigenvalue weighted by Crippen LogP contribution is 2.27. The summed E-state index contributed by atoms with van der Waals surface area (Å²) < 4.78 is 5.09. The van der Waals surface area contributed by atoms with E-state index in [1.165, 1.54) is 38.1 Å². The normalized spacial score (nSPS) is 11.4. The van der Waals surface area contributed by atoms with Crippen LogP contribution in [0.1, 0.15) is 22.8 Å². The van der Waals surface area contributed by atoms with E-state index in [0.29, 0.717) is 5.02 Å². The summed E-state index contributed by atoms with van der Waals surface area (Å²) in [5, 5.41) is 14.9. The molecule has 2 aromatic rings. The number of carbonyl (C=O) groups excluding carboxylic acids is 2. The zero-order chi connectivity index (χ0) is 20.8. The molecule has 0 aliphatic rings. The number of likely N-dealkylation sites (N-methyl/N-ethyl adjacent to an activating group) is 1. The van der Waals surface area contributed by atoms with Gasteiger partial charge in [-0.05, 0) is 30.7 Å². The zero-order valence-electron chi connectivity index (χ0n) is 15.6. The van der Waals surface area contributed by atoms with Crippen molar-refractivity contribution in [1.82, 2.24) is 4.90 Å². The Balaban J connectivity index is 2.18. The van der Waals surface area contributed by atoms with Crippen molar-refractivity contribution in [3.05, 3.63) is 68.7 Å². The van der Waals surface area contributed by atoms with Gasteiger partial charge in [0.1, 0.15) is 5.69 Å². The average molecular weight is 406 g/mol. The number of rotatable bonds is 7. The van der Waals surface area contributed by atoms with Gasteiger partial charge in [-0.25, -0.2) is 4.79 Å². The molecule has 28 heavy (non-hydrogen) atoms. The van der Waals surface area contributed by atoms with Gasteiger partial charge in [-0.2, -0.15) is 0 Å². The molecule has 1 N–H and O–H groups in total. The van der Waals surface area contributed by atoms with Gasteiger partial charge in [-0.15, -0.1) is 0 Å². The van der Waals surface area contributed by atoms with Gasteiger partial charge < -0.3 is 15.0 Å². The fourth-order valence-electron chi connectivity index (χ4n) is 2.43. The third-order valence-corrected chi connectivity index (χ3v) is 4.30. The lowest BCUT2D eigenvalue weighted by Gasteiger charge is -2.17. The molecule has 0 radical (unpaired) electrons. The number of nitrogens with one attached hydrogen (secondary N) is 1. The van der Waals surface area contributed by atoms with Crippen molar-refractivity contribution in [1.29, 1.82) is 0 Å². The molecule has 148 valence electrons. The number of carbonyl (C=O) groups is 2. The van der Waals surface area contributed by atoms with Crippen molar-refractivity contribution in [2.75, 3.05) is 19.4 Å². The van der Waals surface area contributed by atoms with Crippen LogP contribution < -0.4 is 5.32 Å². The van der Waals surface area contributed by atoms with Crippen LogP contribution in [0.2, 0.25) is 5.02 Å². The second-order valence-electron chi connectivity index (χ2n) is 6.21. The Hall–Kier alpha value is -3.13. The molecule has 0 unspecified atom stereocenters. The highest BCUT2D eigenvalue weighted by atomic mass is 35.5. The van der Waals surface area contributed by atoms with E-state index in [2.05, 4.69) is 5.32 Å². The number of nitro groups is 1. The van der Waals surface area contributed by atoms with Gasteiger partial charge in [-0.3, -0.25) is 14.9 Å². The fraction of sp³-hybridized carbons (Fsp3) is 0.263. The molecular weight excluding hydrogens is 386 g/mol. The first kappa shape index (κ1) is 21.2. The SMILES string of the molecule is C[C@H](OC(=O)c1ccc(NCc2ccccc2Cl)c([N+](=O)[O-])c1)C(=O)N(C)C. The molecule has 2 aromatic carbocycles. The van der Waals surface area contributed by atoms with Gasteiger partial charge >= 0.3 is 5.97 Å². The molecule has 0 saturated heterocycles. The van der Waals surface area contributed by atoms with Crippen LogP contribution in [0.5, 0.6) is 0 Å². The number of anilines is 1. The van der Waals surface area contributed by atoms with E-state index in [1.807, 2.05) is 6.07 Å². The van der Waals surface area contributed by atoms with Crippen LogP contribution in [-0.4, -0.2) is 41.9 Å². The van der Waals surface area contributed by atoms with Crippen LogP contribution in [0.4, 0.5) is 11.4 Å². The topological polar surface area (TPSA) is 102 Å². The lowest BCUT2D eigenvalue weighted by Crippen LogP contribution is -2.34. The van der Waals surface area contributed by atoms with E-state index in [4.69, 9.17) is 16.3 Å². The maximum Gasteiger partial charge on any atom is 0.339 e. The minimum Gasteiger partial charge on any atom is -0.449 e. The molecule has 1 atom stereocenters. The number of ether oxygens (including phenoxy) is 1. The summed E-state index contributed by atoms with van der Waals surface area (Å²) in [5.74, 6) is -1.20. The van der Waals surface area contributed by atoms with Gasteiger partial charge in [0, 0.05) is 31.7 Å². The Kier molecular flexibility index (Phi) is 6.94.